The van der Waals surface area contributed by atoms with Crippen LogP contribution in [0.5, 0.6) is 11.5 Å². The van der Waals surface area contributed by atoms with E-state index in [2.05, 4.69) is 31.9 Å². The molecule has 1 aromatic rings. The van der Waals surface area contributed by atoms with Crippen LogP contribution in [-0.2, 0) is 11.2 Å². The molecule has 0 saturated heterocycles. The molecule has 0 aliphatic rings. The van der Waals surface area contributed by atoms with Gasteiger partial charge in [0.15, 0.2) is 0 Å². The Morgan fingerprint density at radius 2 is 1.50 bits per heavy atom. The van der Waals surface area contributed by atoms with Crippen LogP contribution in [0.4, 0.5) is 0 Å². The van der Waals surface area contributed by atoms with Crippen LogP contribution in [0, 0.1) is 0 Å². The molecule has 0 amide bonds. The lowest BCUT2D eigenvalue weighted by Crippen LogP contribution is -2.32. The smallest absolute Gasteiger partial charge is 0.320 e. The van der Waals surface area contributed by atoms with Crippen LogP contribution < -0.4 is 15.2 Å². The van der Waals surface area contributed by atoms with Crippen LogP contribution >= 0.6 is 31.9 Å². The van der Waals surface area contributed by atoms with E-state index in [-0.39, 0.29) is 6.42 Å². The number of unbranched alkanes of at least 4 members (excludes halogenated alkanes) is 2. The molecule has 7 heteroatoms. The molecule has 0 heterocycles. The number of rotatable bonds is 13. The Labute approximate surface area is 160 Å². The van der Waals surface area contributed by atoms with E-state index >= 15 is 0 Å². The molecule has 0 aliphatic heterocycles. The Balaban J connectivity index is 2.73. The molecule has 136 valence electrons. The number of halogens is 2. The zero-order valence-electron chi connectivity index (χ0n) is 13.7. The maximum atomic E-state index is 11.0. The van der Waals surface area contributed by atoms with Crippen molar-refractivity contribution in [2.45, 2.75) is 38.1 Å². The van der Waals surface area contributed by atoms with Crippen molar-refractivity contribution in [1.29, 1.82) is 0 Å². The Morgan fingerprint density at radius 1 is 1.00 bits per heavy atom. The van der Waals surface area contributed by atoms with Gasteiger partial charge in [-0.25, -0.2) is 0 Å². The van der Waals surface area contributed by atoms with Crippen molar-refractivity contribution in [1.82, 2.24) is 0 Å². The predicted molar refractivity (Wildman–Crippen MR) is 103 cm³/mol. The maximum Gasteiger partial charge on any atom is 0.320 e. The summed E-state index contributed by atoms with van der Waals surface area (Å²) in [6.45, 7) is 1.23. The standard InChI is InChI=1S/C17H25Br2NO4/c18-5-1-3-7-23-14-9-13(11-16(20)17(21)22)10-15(12-14)24-8-4-2-6-19/h9-10,12,16H,1-8,11,20H2,(H,21,22). The Hall–Kier alpha value is -0.790. The van der Waals surface area contributed by atoms with Crippen molar-refractivity contribution in [3.8, 4) is 11.5 Å². The van der Waals surface area contributed by atoms with Gasteiger partial charge in [0, 0.05) is 16.7 Å². The number of nitrogens with two attached hydrogens (primary N) is 1. The molecule has 1 aromatic carbocycles. The van der Waals surface area contributed by atoms with Gasteiger partial charge in [-0.05, 0) is 49.8 Å². The summed E-state index contributed by atoms with van der Waals surface area (Å²) in [4.78, 5) is 11.0. The van der Waals surface area contributed by atoms with E-state index in [1.54, 1.807) is 0 Å². The zero-order valence-corrected chi connectivity index (χ0v) is 16.9. The van der Waals surface area contributed by atoms with E-state index in [0.717, 1.165) is 41.9 Å². The number of ether oxygens (including phenoxy) is 2. The number of aliphatic carboxylic acids is 1. The third kappa shape index (κ3) is 8.89. The molecule has 0 fully saturated rings. The summed E-state index contributed by atoms with van der Waals surface area (Å²) in [6.07, 6.45) is 4.22. The van der Waals surface area contributed by atoms with Crippen LogP contribution in [0.25, 0.3) is 0 Å². The van der Waals surface area contributed by atoms with Crippen LogP contribution in [0.15, 0.2) is 18.2 Å². The summed E-state index contributed by atoms with van der Waals surface area (Å²) in [5, 5.41) is 10.9. The topological polar surface area (TPSA) is 81.8 Å². The van der Waals surface area contributed by atoms with E-state index in [4.69, 9.17) is 20.3 Å². The number of hydrogen-bond acceptors (Lipinski definition) is 4. The van der Waals surface area contributed by atoms with Crippen molar-refractivity contribution in [3.63, 3.8) is 0 Å². The predicted octanol–water partition coefficient (Wildman–Crippen LogP) is 3.75. The summed E-state index contributed by atoms with van der Waals surface area (Å²) >= 11 is 6.78. The van der Waals surface area contributed by atoms with Crippen molar-refractivity contribution in [3.05, 3.63) is 23.8 Å². The van der Waals surface area contributed by atoms with Crippen LogP contribution in [0.1, 0.15) is 31.2 Å². The molecular formula is C17H25Br2NO4. The van der Waals surface area contributed by atoms with Crippen molar-refractivity contribution in [2.24, 2.45) is 5.73 Å². The monoisotopic (exact) mass is 465 g/mol. The van der Waals surface area contributed by atoms with Gasteiger partial charge in [0.2, 0.25) is 0 Å². The lowest BCUT2D eigenvalue weighted by Gasteiger charge is -2.13. The van der Waals surface area contributed by atoms with Gasteiger partial charge < -0.3 is 20.3 Å². The number of carboxylic acid groups (broad SMARTS) is 1. The minimum Gasteiger partial charge on any atom is -0.493 e. The SMILES string of the molecule is NC(Cc1cc(OCCCCBr)cc(OCCCCBr)c1)C(=O)O. The fourth-order valence-corrected chi connectivity index (χ4v) is 2.82. The molecular weight excluding hydrogens is 442 g/mol. The van der Waals surface area contributed by atoms with E-state index in [1.807, 2.05) is 18.2 Å². The van der Waals surface area contributed by atoms with E-state index in [1.165, 1.54) is 0 Å². The fraction of sp³-hybridized carbons (Fsp3) is 0.588. The Morgan fingerprint density at radius 3 is 1.92 bits per heavy atom. The summed E-state index contributed by atoms with van der Waals surface area (Å²) in [6, 6.07) is 4.58. The van der Waals surface area contributed by atoms with Crippen LogP contribution in [0.3, 0.4) is 0 Å². The van der Waals surface area contributed by atoms with E-state index < -0.39 is 12.0 Å². The third-order valence-electron chi connectivity index (χ3n) is 3.31. The Bertz CT molecular complexity index is 469. The summed E-state index contributed by atoms with van der Waals surface area (Å²) in [5.74, 6) is 0.365. The molecule has 1 unspecified atom stereocenters. The largest absolute Gasteiger partial charge is 0.493 e. The molecule has 0 saturated carbocycles. The highest BCUT2D eigenvalue weighted by Crippen LogP contribution is 2.24. The highest BCUT2D eigenvalue weighted by atomic mass is 79.9. The number of carboxylic acids is 1. The number of alkyl halides is 2. The van der Waals surface area contributed by atoms with Gasteiger partial charge in [0.25, 0.3) is 0 Å². The average molecular weight is 467 g/mol. The van der Waals surface area contributed by atoms with Gasteiger partial charge in [-0.1, -0.05) is 31.9 Å². The van der Waals surface area contributed by atoms with Gasteiger partial charge in [-0.15, -0.1) is 0 Å². The fourth-order valence-electron chi connectivity index (χ4n) is 2.03. The first kappa shape index (κ1) is 21.3. The molecule has 1 rings (SSSR count). The van der Waals surface area contributed by atoms with Crippen molar-refractivity contribution >= 4 is 37.8 Å². The highest BCUT2D eigenvalue weighted by molar-refractivity contribution is 9.09. The maximum absolute atomic E-state index is 11.0. The molecule has 0 aromatic heterocycles. The van der Waals surface area contributed by atoms with Gasteiger partial charge in [0.05, 0.1) is 13.2 Å². The highest BCUT2D eigenvalue weighted by Gasteiger charge is 2.14. The lowest BCUT2D eigenvalue weighted by molar-refractivity contribution is -0.138. The van der Waals surface area contributed by atoms with Gasteiger partial charge in [-0.3, -0.25) is 4.79 Å². The van der Waals surface area contributed by atoms with Crippen molar-refractivity contribution < 1.29 is 19.4 Å². The summed E-state index contributed by atoms with van der Waals surface area (Å²) in [5.41, 5.74) is 6.44. The molecule has 0 aliphatic carbocycles. The quantitative estimate of drug-likeness (QED) is 0.341. The minimum absolute atomic E-state index is 0.242. The molecule has 3 N–H and O–H groups in total. The van der Waals surface area contributed by atoms with Crippen molar-refractivity contribution in [2.75, 3.05) is 23.9 Å². The van der Waals surface area contributed by atoms with Gasteiger partial charge in [0.1, 0.15) is 17.5 Å². The molecule has 0 bridgehead atoms. The second kappa shape index (κ2) is 12.6. The first-order valence-corrected chi connectivity index (χ1v) is 10.3. The lowest BCUT2D eigenvalue weighted by atomic mass is 10.1. The second-order valence-corrected chi connectivity index (χ2v) is 7.04. The minimum atomic E-state index is -1.02. The molecule has 1 atom stereocenters. The molecule has 0 spiro atoms. The number of benzene rings is 1. The van der Waals surface area contributed by atoms with E-state index in [0.29, 0.717) is 24.7 Å². The third-order valence-corrected chi connectivity index (χ3v) is 4.43. The molecule has 5 nitrogen and oxygen atoms in total. The Kier molecular flexibility index (Phi) is 11.1. The number of carbonyl (C=O) groups is 1. The summed E-state index contributed by atoms with van der Waals surface area (Å²) in [7, 11) is 0. The average Bonchev–Trinajstić information content (AvgIpc) is 2.55. The van der Waals surface area contributed by atoms with Gasteiger partial charge >= 0.3 is 5.97 Å². The summed E-state index contributed by atoms with van der Waals surface area (Å²) < 4.78 is 11.5. The van der Waals surface area contributed by atoms with Crippen LogP contribution in [0.2, 0.25) is 0 Å². The first-order chi connectivity index (χ1) is 11.6. The number of hydrogen-bond donors (Lipinski definition) is 2. The first-order valence-electron chi connectivity index (χ1n) is 8.06. The van der Waals surface area contributed by atoms with Gasteiger partial charge in [-0.2, -0.15) is 0 Å². The molecule has 0 radical (unpaired) electrons. The van der Waals surface area contributed by atoms with E-state index in [9.17, 15) is 4.79 Å². The zero-order chi connectivity index (χ0) is 17.8. The van der Waals surface area contributed by atoms with Crippen LogP contribution in [-0.4, -0.2) is 41.0 Å². The normalized spacial score (nSPS) is 12.0. The molecule has 24 heavy (non-hydrogen) atoms. The second-order valence-electron chi connectivity index (χ2n) is 5.45.